The normalized spacial score (nSPS) is 26.2. The third kappa shape index (κ3) is 3.33. The predicted molar refractivity (Wildman–Crippen MR) is 87.1 cm³/mol. The minimum absolute atomic E-state index is 0.276. The zero-order valence-corrected chi connectivity index (χ0v) is 14.3. The summed E-state index contributed by atoms with van der Waals surface area (Å²) >= 11 is 3.64. The van der Waals surface area contributed by atoms with Gasteiger partial charge in [-0.05, 0) is 60.3 Å². The van der Waals surface area contributed by atoms with Crippen molar-refractivity contribution in [2.45, 2.75) is 44.6 Å². The molecule has 0 atom stereocenters. The van der Waals surface area contributed by atoms with E-state index in [0.717, 1.165) is 22.1 Å². The molecule has 0 aromatic carbocycles. The lowest BCUT2D eigenvalue weighted by molar-refractivity contribution is -0.146. The number of hydrogen-bond acceptors (Lipinski definition) is 3. The molecule has 110 valence electrons. The van der Waals surface area contributed by atoms with Gasteiger partial charge in [0.2, 0.25) is 0 Å². The highest BCUT2D eigenvalue weighted by Gasteiger charge is 2.43. The van der Waals surface area contributed by atoms with E-state index in [9.17, 15) is 14.7 Å². The van der Waals surface area contributed by atoms with Crippen molar-refractivity contribution in [3.05, 3.63) is 19.9 Å². The molecule has 1 aromatic rings. The minimum atomic E-state index is -1.09. The highest BCUT2D eigenvalue weighted by atomic mass is 127. The number of rotatable bonds is 4. The number of amides is 1. The van der Waals surface area contributed by atoms with Crippen LogP contribution >= 0.6 is 33.9 Å². The minimum Gasteiger partial charge on any atom is -0.480 e. The molecule has 1 aliphatic carbocycles. The average Bonchev–Trinajstić information content (AvgIpc) is 2.86. The molecule has 1 heterocycles. The van der Waals surface area contributed by atoms with Crippen molar-refractivity contribution in [1.82, 2.24) is 5.32 Å². The number of carboxylic acids is 1. The van der Waals surface area contributed by atoms with Crippen LogP contribution in [0.2, 0.25) is 0 Å². The van der Waals surface area contributed by atoms with Crippen molar-refractivity contribution in [2.24, 2.45) is 5.92 Å². The number of nitrogens with one attached hydrogen (secondary N) is 1. The van der Waals surface area contributed by atoms with Gasteiger partial charge in [0.05, 0.1) is 8.45 Å². The first-order chi connectivity index (χ1) is 9.47. The van der Waals surface area contributed by atoms with Gasteiger partial charge in [0, 0.05) is 5.38 Å². The lowest BCUT2D eigenvalue weighted by Gasteiger charge is -2.37. The van der Waals surface area contributed by atoms with Crippen LogP contribution in [0.5, 0.6) is 0 Å². The predicted octanol–water partition coefficient (Wildman–Crippen LogP) is 3.51. The van der Waals surface area contributed by atoms with E-state index in [2.05, 4.69) is 34.8 Å². The van der Waals surface area contributed by atoms with E-state index in [1.165, 1.54) is 11.3 Å². The van der Waals surface area contributed by atoms with E-state index in [-0.39, 0.29) is 5.91 Å². The molecule has 1 saturated carbocycles. The van der Waals surface area contributed by atoms with Gasteiger partial charge in [0.15, 0.2) is 0 Å². The molecule has 0 aliphatic heterocycles. The van der Waals surface area contributed by atoms with Crippen molar-refractivity contribution in [3.63, 3.8) is 0 Å². The Balaban J connectivity index is 2.10. The van der Waals surface area contributed by atoms with Crippen molar-refractivity contribution in [1.29, 1.82) is 0 Å². The number of carbonyl (C=O) groups excluding carboxylic acids is 1. The summed E-state index contributed by atoms with van der Waals surface area (Å²) in [5.41, 5.74) is -0.534. The molecule has 0 bridgehead atoms. The smallest absolute Gasteiger partial charge is 0.329 e. The van der Waals surface area contributed by atoms with E-state index in [1.54, 1.807) is 11.4 Å². The maximum atomic E-state index is 12.2. The van der Waals surface area contributed by atoms with Crippen LogP contribution in [0.4, 0.5) is 0 Å². The monoisotopic (exact) mass is 407 g/mol. The topological polar surface area (TPSA) is 66.4 Å². The Morgan fingerprint density at radius 3 is 2.60 bits per heavy atom. The van der Waals surface area contributed by atoms with Gasteiger partial charge in [-0.2, -0.15) is 0 Å². The Bertz CT molecular complexity index is 506. The molecule has 0 saturated heterocycles. The summed E-state index contributed by atoms with van der Waals surface area (Å²) in [7, 11) is 0. The highest BCUT2D eigenvalue weighted by molar-refractivity contribution is 14.1. The Hall–Kier alpha value is -0.630. The molecule has 6 heteroatoms. The van der Waals surface area contributed by atoms with Gasteiger partial charge >= 0.3 is 5.97 Å². The number of thiophene rings is 1. The van der Waals surface area contributed by atoms with Crippen LogP contribution in [-0.2, 0) is 4.79 Å². The molecular formula is C14H18INO3S. The second-order valence-corrected chi connectivity index (χ2v) is 8.14. The molecule has 2 rings (SSSR count). The SMILES string of the molecule is CCC1CCC(NC(=O)c2csc(I)c2)(C(=O)O)CC1. The molecule has 4 nitrogen and oxygen atoms in total. The summed E-state index contributed by atoms with van der Waals surface area (Å²) in [5, 5.41) is 14.1. The number of halogens is 1. The summed E-state index contributed by atoms with van der Waals surface area (Å²) in [5.74, 6) is -0.603. The van der Waals surface area contributed by atoms with Crippen LogP contribution in [0.3, 0.4) is 0 Å². The van der Waals surface area contributed by atoms with Crippen LogP contribution < -0.4 is 5.32 Å². The Morgan fingerprint density at radius 2 is 2.15 bits per heavy atom. The van der Waals surface area contributed by atoms with Crippen LogP contribution in [0.1, 0.15) is 49.4 Å². The highest BCUT2D eigenvalue weighted by Crippen LogP contribution is 2.34. The molecule has 1 aromatic heterocycles. The summed E-state index contributed by atoms with van der Waals surface area (Å²) in [6, 6.07) is 1.79. The summed E-state index contributed by atoms with van der Waals surface area (Å²) < 4.78 is 1.02. The Labute approximate surface area is 136 Å². The molecule has 0 unspecified atom stereocenters. The first-order valence-electron chi connectivity index (χ1n) is 6.77. The second-order valence-electron chi connectivity index (χ2n) is 5.33. The van der Waals surface area contributed by atoms with Gasteiger partial charge in [0.1, 0.15) is 5.54 Å². The molecular weight excluding hydrogens is 389 g/mol. The third-order valence-electron chi connectivity index (χ3n) is 4.13. The fourth-order valence-electron chi connectivity index (χ4n) is 2.69. The number of carbonyl (C=O) groups is 2. The van der Waals surface area contributed by atoms with E-state index in [0.29, 0.717) is 24.3 Å². The summed E-state index contributed by atoms with van der Waals surface area (Å²) in [6.07, 6.45) is 3.85. The molecule has 1 aliphatic rings. The zero-order valence-electron chi connectivity index (χ0n) is 11.3. The molecule has 1 fully saturated rings. The Morgan fingerprint density at radius 1 is 1.50 bits per heavy atom. The van der Waals surface area contributed by atoms with Crippen LogP contribution in [0.25, 0.3) is 0 Å². The molecule has 0 spiro atoms. The van der Waals surface area contributed by atoms with Crippen molar-refractivity contribution >= 4 is 45.8 Å². The fourth-order valence-corrected chi connectivity index (χ4v) is 4.02. The van der Waals surface area contributed by atoms with Gasteiger partial charge in [-0.15, -0.1) is 11.3 Å². The van der Waals surface area contributed by atoms with E-state index < -0.39 is 11.5 Å². The third-order valence-corrected chi connectivity index (χ3v) is 5.92. The fraction of sp³-hybridized carbons (Fsp3) is 0.571. The molecule has 0 radical (unpaired) electrons. The van der Waals surface area contributed by atoms with Gasteiger partial charge in [0.25, 0.3) is 5.91 Å². The number of hydrogen-bond donors (Lipinski definition) is 2. The molecule has 1 amide bonds. The molecule has 20 heavy (non-hydrogen) atoms. The standard InChI is InChI=1S/C14H18INO3S/c1-2-9-3-5-14(6-4-9,13(18)19)16-12(17)10-7-11(15)20-8-10/h7-9H,2-6H2,1H3,(H,16,17)(H,18,19). The largest absolute Gasteiger partial charge is 0.480 e. The maximum absolute atomic E-state index is 12.2. The first-order valence-corrected chi connectivity index (χ1v) is 8.72. The lowest BCUT2D eigenvalue weighted by Crippen LogP contribution is -2.56. The van der Waals surface area contributed by atoms with Gasteiger partial charge in [-0.3, -0.25) is 4.79 Å². The van der Waals surface area contributed by atoms with Crippen LogP contribution in [0, 0.1) is 8.80 Å². The van der Waals surface area contributed by atoms with Crippen LogP contribution in [-0.4, -0.2) is 22.5 Å². The van der Waals surface area contributed by atoms with E-state index >= 15 is 0 Å². The lowest BCUT2D eigenvalue weighted by atomic mass is 9.75. The van der Waals surface area contributed by atoms with E-state index in [1.807, 2.05) is 0 Å². The van der Waals surface area contributed by atoms with E-state index in [4.69, 9.17) is 0 Å². The van der Waals surface area contributed by atoms with Gasteiger partial charge in [-0.1, -0.05) is 13.3 Å². The van der Waals surface area contributed by atoms with Crippen molar-refractivity contribution in [2.75, 3.05) is 0 Å². The second kappa shape index (κ2) is 6.43. The van der Waals surface area contributed by atoms with Crippen molar-refractivity contribution in [3.8, 4) is 0 Å². The van der Waals surface area contributed by atoms with Crippen molar-refractivity contribution < 1.29 is 14.7 Å². The molecule has 2 N–H and O–H groups in total. The number of aliphatic carboxylic acids is 1. The average molecular weight is 407 g/mol. The first kappa shape index (κ1) is 15.8. The van der Waals surface area contributed by atoms with Crippen LogP contribution in [0.15, 0.2) is 11.4 Å². The maximum Gasteiger partial charge on any atom is 0.329 e. The quantitative estimate of drug-likeness (QED) is 0.751. The Kier molecular flexibility index (Phi) is 5.06. The summed E-state index contributed by atoms with van der Waals surface area (Å²) in [6.45, 7) is 2.13. The number of carboxylic acid groups (broad SMARTS) is 1. The van der Waals surface area contributed by atoms with Gasteiger partial charge < -0.3 is 10.4 Å². The summed E-state index contributed by atoms with van der Waals surface area (Å²) in [4.78, 5) is 23.8. The zero-order chi connectivity index (χ0) is 14.8. The van der Waals surface area contributed by atoms with Gasteiger partial charge in [-0.25, -0.2) is 4.79 Å².